The number of phenols is 1. The van der Waals surface area contributed by atoms with Crippen LogP contribution in [0.2, 0.25) is 0 Å². The summed E-state index contributed by atoms with van der Waals surface area (Å²) >= 11 is 6.00. The van der Waals surface area contributed by atoms with E-state index in [2.05, 4.69) is 0 Å². The molecule has 0 radical (unpaired) electrons. The molecule has 19 heavy (non-hydrogen) atoms. The highest BCUT2D eigenvalue weighted by atomic mass is 35.5. The van der Waals surface area contributed by atoms with Gasteiger partial charge >= 0.3 is 0 Å². The van der Waals surface area contributed by atoms with Crippen LogP contribution in [0.1, 0.15) is 10.4 Å². The molecule has 0 bridgehead atoms. The van der Waals surface area contributed by atoms with Gasteiger partial charge in [0.25, 0.3) is 5.91 Å². The predicted molar refractivity (Wildman–Crippen MR) is 73.1 cm³/mol. The van der Waals surface area contributed by atoms with E-state index in [1.165, 1.54) is 18.1 Å². The lowest BCUT2D eigenvalue weighted by atomic mass is 10.1. The SMILES string of the molecule is COCC(Cl)CN(C)C(=O)c1ccc(OC)c(O)c1. The van der Waals surface area contributed by atoms with E-state index in [1.54, 1.807) is 26.3 Å². The van der Waals surface area contributed by atoms with Crippen LogP contribution in [-0.2, 0) is 4.74 Å². The number of methoxy groups -OCH3 is 2. The Kier molecular flexibility index (Phi) is 5.92. The van der Waals surface area contributed by atoms with Crippen molar-refractivity contribution in [3.8, 4) is 11.5 Å². The van der Waals surface area contributed by atoms with Gasteiger partial charge in [-0.1, -0.05) is 0 Å². The highest BCUT2D eigenvalue weighted by Gasteiger charge is 2.17. The van der Waals surface area contributed by atoms with Crippen molar-refractivity contribution in [3.63, 3.8) is 0 Å². The van der Waals surface area contributed by atoms with Gasteiger partial charge in [0, 0.05) is 26.3 Å². The van der Waals surface area contributed by atoms with Gasteiger partial charge in [0.2, 0.25) is 0 Å². The summed E-state index contributed by atoms with van der Waals surface area (Å²) in [6.07, 6.45) is 0. The summed E-state index contributed by atoms with van der Waals surface area (Å²) in [4.78, 5) is 13.6. The van der Waals surface area contributed by atoms with Gasteiger partial charge in [-0.3, -0.25) is 4.79 Å². The van der Waals surface area contributed by atoms with Crippen LogP contribution in [0.15, 0.2) is 18.2 Å². The Morgan fingerprint density at radius 2 is 2.16 bits per heavy atom. The number of hydrogen-bond acceptors (Lipinski definition) is 4. The van der Waals surface area contributed by atoms with Gasteiger partial charge in [-0.25, -0.2) is 0 Å². The normalized spacial score (nSPS) is 12.0. The van der Waals surface area contributed by atoms with Crippen LogP contribution in [0.4, 0.5) is 0 Å². The van der Waals surface area contributed by atoms with Crippen LogP contribution in [0.25, 0.3) is 0 Å². The summed E-state index contributed by atoms with van der Waals surface area (Å²) in [5.74, 6) is 0.0366. The highest BCUT2D eigenvalue weighted by Crippen LogP contribution is 2.26. The molecule has 1 N–H and O–H groups in total. The van der Waals surface area contributed by atoms with Gasteiger partial charge in [0.1, 0.15) is 0 Å². The zero-order chi connectivity index (χ0) is 14.4. The number of hydrogen-bond donors (Lipinski definition) is 1. The monoisotopic (exact) mass is 287 g/mol. The third-order valence-corrected chi connectivity index (χ3v) is 2.86. The van der Waals surface area contributed by atoms with Crippen LogP contribution >= 0.6 is 11.6 Å². The smallest absolute Gasteiger partial charge is 0.253 e. The maximum absolute atomic E-state index is 12.1. The van der Waals surface area contributed by atoms with E-state index < -0.39 is 0 Å². The number of rotatable bonds is 6. The van der Waals surface area contributed by atoms with E-state index >= 15 is 0 Å². The first-order valence-electron chi connectivity index (χ1n) is 5.75. The van der Waals surface area contributed by atoms with Gasteiger partial charge in [-0.2, -0.15) is 0 Å². The number of ether oxygens (including phenoxy) is 2. The summed E-state index contributed by atoms with van der Waals surface area (Å²) in [7, 11) is 4.65. The van der Waals surface area contributed by atoms with Crippen molar-refractivity contribution in [2.24, 2.45) is 0 Å². The molecular formula is C13H18ClNO4. The fourth-order valence-electron chi connectivity index (χ4n) is 1.66. The van der Waals surface area contributed by atoms with Crippen LogP contribution in [0, 0.1) is 0 Å². The Bertz CT molecular complexity index is 439. The van der Waals surface area contributed by atoms with Gasteiger partial charge in [-0.05, 0) is 18.2 Å². The molecule has 1 aromatic carbocycles. The van der Waals surface area contributed by atoms with Crippen molar-refractivity contribution >= 4 is 17.5 Å². The number of amides is 1. The molecule has 1 unspecified atom stereocenters. The molecule has 0 aromatic heterocycles. The predicted octanol–water partition coefficient (Wildman–Crippen LogP) is 1.73. The average molecular weight is 288 g/mol. The lowest BCUT2D eigenvalue weighted by molar-refractivity contribution is 0.0781. The lowest BCUT2D eigenvalue weighted by Crippen LogP contribution is -2.33. The van der Waals surface area contributed by atoms with Gasteiger partial charge in [0.05, 0.1) is 19.1 Å². The third kappa shape index (κ3) is 4.29. The average Bonchev–Trinajstić information content (AvgIpc) is 2.37. The molecule has 0 fully saturated rings. The summed E-state index contributed by atoms with van der Waals surface area (Å²) in [5, 5.41) is 9.37. The van der Waals surface area contributed by atoms with Crippen molar-refractivity contribution in [2.45, 2.75) is 5.38 Å². The molecule has 1 aromatic rings. The van der Waals surface area contributed by atoms with Crippen LogP contribution < -0.4 is 4.74 Å². The number of phenolic OH excluding ortho intramolecular Hbond substituents is 1. The van der Waals surface area contributed by atoms with E-state index in [0.717, 1.165) is 0 Å². The molecular weight excluding hydrogens is 270 g/mol. The molecule has 0 aliphatic rings. The molecule has 6 heteroatoms. The van der Waals surface area contributed by atoms with Crippen molar-refractivity contribution in [1.82, 2.24) is 4.90 Å². The molecule has 0 saturated carbocycles. The Hall–Kier alpha value is -1.46. The molecule has 0 aliphatic heterocycles. The van der Waals surface area contributed by atoms with Crippen molar-refractivity contribution in [2.75, 3.05) is 34.4 Å². The zero-order valence-corrected chi connectivity index (χ0v) is 12.0. The molecule has 0 spiro atoms. The van der Waals surface area contributed by atoms with Crippen LogP contribution in [0.5, 0.6) is 11.5 Å². The standard InChI is InChI=1S/C13H18ClNO4/c1-15(7-10(14)8-18-2)13(17)9-4-5-12(19-3)11(16)6-9/h4-6,10,16H,7-8H2,1-3H3. The van der Waals surface area contributed by atoms with Gasteiger partial charge < -0.3 is 19.5 Å². The van der Waals surface area contributed by atoms with Crippen molar-refractivity contribution in [1.29, 1.82) is 0 Å². The van der Waals surface area contributed by atoms with Crippen LogP contribution in [0.3, 0.4) is 0 Å². The first kappa shape index (κ1) is 15.6. The van der Waals surface area contributed by atoms with Crippen LogP contribution in [-0.4, -0.2) is 55.7 Å². The number of aromatic hydroxyl groups is 1. The van der Waals surface area contributed by atoms with E-state index in [0.29, 0.717) is 24.5 Å². The summed E-state index contributed by atoms with van der Waals surface area (Å²) in [6.45, 7) is 0.730. The second kappa shape index (κ2) is 7.21. The van der Waals surface area contributed by atoms with Gasteiger partial charge in [0.15, 0.2) is 11.5 Å². The summed E-state index contributed by atoms with van der Waals surface area (Å²) < 4.78 is 9.84. The minimum atomic E-state index is -0.272. The minimum Gasteiger partial charge on any atom is -0.504 e. The number of carbonyl (C=O) groups excluding carboxylic acids is 1. The minimum absolute atomic E-state index is 0.0685. The first-order valence-corrected chi connectivity index (χ1v) is 6.18. The number of alkyl halides is 1. The highest BCUT2D eigenvalue weighted by molar-refractivity contribution is 6.21. The fraction of sp³-hybridized carbons (Fsp3) is 0.462. The zero-order valence-electron chi connectivity index (χ0n) is 11.2. The third-order valence-electron chi connectivity index (χ3n) is 2.59. The second-order valence-corrected chi connectivity index (χ2v) is 4.74. The molecule has 0 saturated heterocycles. The molecule has 1 rings (SSSR count). The maximum atomic E-state index is 12.1. The quantitative estimate of drug-likeness (QED) is 0.810. The summed E-state index contributed by atoms with van der Waals surface area (Å²) in [6, 6.07) is 4.51. The number of halogens is 1. The molecule has 106 valence electrons. The number of carbonyl (C=O) groups is 1. The maximum Gasteiger partial charge on any atom is 0.253 e. The Morgan fingerprint density at radius 3 is 2.68 bits per heavy atom. The van der Waals surface area contributed by atoms with Gasteiger partial charge in [-0.15, -0.1) is 11.6 Å². The van der Waals surface area contributed by atoms with Crippen molar-refractivity contribution < 1.29 is 19.4 Å². The second-order valence-electron chi connectivity index (χ2n) is 4.12. The Labute approximate surface area is 117 Å². The molecule has 1 amide bonds. The topological polar surface area (TPSA) is 59.0 Å². The van der Waals surface area contributed by atoms with E-state index in [-0.39, 0.29) is 17.0 Å². The Balaban J connectivity index is 2.74. The first-order chi connectivity index (χ1) is 8.99. The van der Waals surface area contributed by atoms with E-state index in [1.807, 2.05) is 0 Å². The van der Waals surface area contributed by atoms with Crippen molar-refractivity contribution in [3.05, 3.63) is 23.8 Å². The largest absolute Gasteiger partial charge is 0.504 e. The Morgan fingerprint density at radius 1 is 1.47 bits per heavy atom. The lowest BCUT2D eigenvalue weighted by Gasteiger charge is -2.20. The molecule has 0 heterocycles. The van der Waals surface area contributed by atoms with E-state index in [9.17, 15) is 9.90 Å². The fourth-order valence-corrected chi connectivity index (χ4v) is 1.99. The number of nitrogens with zero attached hydrogens (tertiary/aromatic N) is 1. The number of benzene rings is 1. The molecule has 1 atom stereocenters. The molecule has 0 aliphatic carbocycles. The molecule has 5 nitrogen and oxygen atoms in total. The summed E-state index contributed by atoms with van der Waals surface area (Å²) in [5.41, 5.74) is 0.377. The van der Waals surface area contributed by atoms with E-state index in [4.69, 9.17) is 21.1 Å².